The number of benzene rings is 1. The Morgan fingerprint density at radius 1 is 1.34 bits per heavy atom. The second-order valence-electron chi connectivity index (χ2n) is 6.82. The van der Waals surface area contributed by atoms with Crippen LogP contribution in [0.2, 0.25) is 0 Å². The van der Waals surface area contributed by atoms with Gasteiger partial charge in [-0.25, -0.2) is 4.99 Å². The highest BCUT2D eigenvalue weighted by Crippen LogP contribution is 2.24. The molecule has 1 aromatic carbocycles. The summed E-state index contributed by atoms with van der Waals surface area (Å²) in [6.07, 6.45) is 1.82. The molecule has 1 aliphatic heterocycles. The van der Waals surface area contributed by atoms with Crippen LogP contribution in [-0.4, -0.2) is 43.5 Å². The minimum atomic E-state index is -0.737. The van der Waals surface area contributed by atoms with Crippen molar-refractivity contribution >= 4 is 29.9 Å². The van der Waals surface area contributed by atoms with Crippen molar-refractivity contribution in [2.45, 2.75) is 39.0 Å². The first-order valence-corrected chi connectivity index (χ1v) is 9.73. The largest absolute Gasteiger partial charge is 0.488 e. The topological polar surface area (TPSA) is 88.3 Å². The molecule has 0 amide bonds. The highest BCUT2D eigenvalue weighted by molar-refractivity contribution is 14.0. The van der Waals surface area contributed by atoms with Gasteiger partial charge in [0.25, 0.3) is 0 Å². The molecule has 1 fully saturated rings. The van der Waals surface area contributed by atoms with Crippen molar-refractivity contribution in [1.29, 1.82) is 0 Å². The number of nitrogens with zero attached hydrogens (tertiary/aromatic N) is 1. The van der Waals surface area contributed by atoms with Crippen LogP contribution in [0.5, 0.6) is 5.75 Å². The fraction of sp³-hybridized carbons (Fsp3) is 0.476. The molecular weight excluding hydrogens is 485 g/mol. The number of aliphatic hydroxyl groups excluding tert-OH is 1. The van der Waals surface area contributed by atoms with Crippen molar-refractivity contribution in [3.05, 3.63) is 53.5 Å². The SMILES string of the molecule is CCNC(=NCc1ccc(C)cc1OC1CCOC1)NCC(O)c1ccco1.I. The lowest BCUT2D eigenvalue weighted by molar-refractivity contribution is 0.140. The summed E-state index contributed by atoms with van der Waals surface area (Å²) in [7, 11) is 0. The molecule has 3 rings (SSSR count). The van der Waals surface area contributed by atoms with E-state index in [1.54, 1.807) is 18.4 Å². The van der Waals surface area contributed by atoms with Gasteiger partial charge in [-0.1, -0.05) is 12.1 Å². The molecule has 7 nitrogen and oxygen atoms in total. The van der Waals surface area contributed by atoms with Crippen LogP contribution in [0.3, 0.4) is 0 Å². The zero-order valence-corrected chi connectivity index (χ0v) is 19.2. The van der Waals surface area contributed by atoms with Gasteiger partial charge in [-0.05, 0) is 37.6 Å². The molecule has 29 heavy (non-hydrogen) atoms. The van der Waals surface area contributed by atoms with E-state index in [0.29, 0.717) is 31.4 Å². The lowest BCUT2D eigenvalue weighted by atomic mass is 10.1. The Morgan fingerprint density at radius 3 is 2.90 bits per heavy atom. The summed E-state index contributed by atoms with van der Waals surface area (Å²) < 4.78 is 16.8. The Balaban J connectivity index is 0.00000300. The fourth-order valence-electron chi connectivity index (χ4n) is 2.97. The second kappa shape index (κ2) is 12.0. The number of rotatable bonds is 8. The predicted octanol–water partition coefficient (Wildman–Crippen LogP) is 3.16. The molecule has 2 heterocycles. The van der Waals surface area contributed by atoms with Gasteiger partial charge in [0, 0.05) is 18.5 Å². The van der Waals surface area contributed by atoms with Crippen LogP contribution in [-0.2, 0) is 11.3 Å². The first-order chi connectivity index (χ1) is 13.7. The molecule has 160 valence electrons. The smallest absolute Gasteiger partial charge is 0.191 e. The van der Waals surface area contributed by atoms with E-state index in [4.69, 9.17) is 13.9 Å². The van der Waals surface area contributed by atoms with Gasteiger partial charge in [0.05, 0.1) is 32.6 Å². The Labute approximate surface area is 188 Å². The molecule has 1 aliphatic rings. The van der Waals surface area contributed by atoms with Crippen molar-refractivity contribution in [2.24, 2.45) is 4.99 Å². The Bertz CT molecular complexity index is 761. The molecule has 8 heteroatoms. The summed E-state index contributed by atoms with van der Waals surface area (Å²) >= 11 is 0. The molecule has 2 unspecified atom stereocenters. The van der Waals surface area contributed by atoms with E-state index in [-0.39, 0.29) is 30.1 Å². The fourth-order valence-corrected chi connectivity index (χ4v) is 2.97. The molecule has 0 bridgehead atoms. The van der Waals surface area contributed by atoms with Gasteiger partial charge in [-0.15, -0.1) is 24.0 Å². The summed E-state index contributed by atoms with van der Waals surface area (Å²) in [5, 5.41) is 16.5. The highest BCUT2D eigenvalue weighted by atomic mass is 127. The van der Waals surface area contributed by atoms with Crippen molar-refractivity contribution in [3.8, 4) is 5.75 Å². The van der Waals surface area contributed by atoms with Crippen LogP contribution in [0, 0.1) is 6.92 Å². The van der Waals surface area contributed by atoms with Crippen LogP contribution in [0.25, 0.3) is 0 Å². The van der Waals surface area contributed by atoms with E-state index in [2.05, 4.69) is 21.7 Å². The van der Waals surface area contributed by atoms with Gasteiger partial charge in [0.15, 0.2) is 5.96 Å². The number of aliphatic imine (C=N–C) groups is 1. The van der Waals surface area contributed by atoms with Crippen LogP contribution in [0.1, 0.15) is 36.3 Å². The summed E-state index contributed by atoms with van der Waals surface area (Å²) in [6.45, 7) is 6.92. The number of halogens is 1. The van der Waals surface area contributed by atoms with Gasteiger partial charge in [0.2, 0.25) is 0 Å². The molecule has 0 aliphatic carbocycles. The van der Waals surface area contributed by atoms with Crippen LogP contribution < -0.4 is 15.4 Å². The number of hydrogen-bond donors (Lipinski definition) is 3. The monoisotopic (exact) mass is 515 g/mol. The lowest BCUT2D eigenvalue weighted by Gasteiger charge is -2.17. The Hall–Kier alpha value is -1.78. The summed E-state index contributed by atoms with van der Waals surface area (Å²) in [6, 6.07) is 9.66. The van der Waals surface area contributed by atoms with Gasteiger partial charge in [-0.2, -0.15) is 0 Å². The first kappa shape index (κ1) is 23.5. The average molecular weight is 515 g/mol. The molecule has 0 saturated carbocycles. The summed E-state index contributed by atoms with van der Waals surface area (Å²) in [5.41, 5.74) is 2.16. The van der Waals surface area contributed by atoms with Crippen LogP contribution >= 0.6 is 24.0 Å². The standard InChI is InChI=1S/C21H29N3O4.HI/c1-3-22-21(24-13-18(25)19-5-4-9-27-19)23-12-16-7-6-15(2)11-20(16)28-17-8-10-26-14-17;/h4-7,9,11,17-18,25H,3,8,10,12-14H2,1-2H3,(H2,22,23,24);1H. The molecule has 0 radical (unpaired) electrons. The molecule has 0 spiro atoms. The second-order valence-corrected chi connectivity index (χ2v) is 6.82. The number of aryl methyl sites for hydroxylation is 1. The zero-order valence-electron chi connectivity index (χ0n) is 16.9. The van der Waals surface area contributed by atoms with Crippen molar-refractivity contribution in [2.75, 3.05) is 26.3 Å². The highest BCUT2D eigenvalue weighted by Gasteiger charge is 2.19. The third-order valence-corrected chi connectivity index (χ3v) is 4.49. The maximum absolute atomic E-state index is 10.2. The first-order valence-electron chi connectivity index (χ1n) is 9.73. The van der Waals surface area contributed by atoms with E-state index in [1.807, 2.05) is 26.0 Å². The third kappa shape index (κ3) is 7.20. The van der Waals surface area contributed by atoms with E-state index in [9.17, 15) is 5.11 Å². The molecular formula is C21H30IN3O4. The zero-order chi connectivity index (χ0) is 19.8. The van der Waals surface area contributed by atoms with Gasteiger partial charge in [0.1, 0.15) is 23.7 Å². The Morgan fingerprint density at radius 2 is 2.21 bits per heavy atom. The minimum absolute atomic E-state index is 0. The Kier molecular flexibility index (Phi) is 9.75. The molecule has 1 saturated heterocycles. The molecule has 1 aromatic heterocycles. The number of ether oxygens (including phenoxy) is 2. The number of furan rings is 1. The van der Waals surface area contributed by atoms with Crippen molar-refractivity contribution in [3.63, 3.8) is 0 Å². The average Bonchev–Trinajstić information content (AvgIpc) is 3.39. The number of guanidine groups is 1. The van der Waals surface area contributed by atoms with Crippen LogP contribution in [0.4, 0.5) is 0 Å². The van der Waals surface area contributed by atoms with E-state index < -0.39 is 6.10 Å². The number of hydrogen-bond acceptors (Lipinski definition) is 5. The lowest BCUT2D eigenvalue weighted by Crippen LogP contribution is -2.39. The molecule has 2 atom stereocenters. The third-order valence-electron chi connectivity index (χ3n) is 4.49. The van der Waals surface area contributed by atoms with Crippen LogP contribution in [0.15, 0.2) is 46.0 Å². The van der Waals surface area contributed by atoms with E-state index in [0.717, 1.165) is 36.4 Å². The predicted molar refractivity (Wildman–Crippen MR) is 123 cm³/mol. The summed E-state index contributed by atoms with van der Waals surface area (Å²) in [4.78, 5) is 4.64. The minimum Gasteiger partial charge on any atom is -0.488 e. The summed E-state index contributed by atoms with van der Waals surface area (Å²) in [5.74, 6) is 2.01. The maximum atomic E-state index is 10.2. The van der Waals surface area contributed by atoms with Crippen molar-refractivity contribution in [1.82, 2.24) is 10.6 Å². The van der Waals surface area contributed by atoms with E-state index in [1.165, 1.54) is 0 Å². The quantitative estimate of drug-likeness (QED) is 0.285. The van der Waals surface area contributed by atoms with Gasteiger partial charge >= 0.3 is 0 Å². The molecule has 2 aromatic rings. The number of aliphatic hydroxyl groups is 1. The van der Waals surface area contributed by atoms with Gasteiger partial charge < -0.3 is 29.6 Å². The van der Waals surface area contributed by atoms with E-state index >= 15 is 0 Å². The molecule has 3 N–H and O–H groups in total. The number of nitrogens with one attached hydrogen (secondary N) is 2. The van der Waals surface area contributed by atoms with Gasteiger partial charge in [-0.3, -0.25) is 0 Å². The maximum Gasteiger partial charge on any atom is 0.191 e. The van der Waals surface area contributed by atoms with Crippen molar-refractivity contribution < 1.29 is 19.0 Å². The normalized spacial score (nSPS) is 17.5.